The molecular weight excluding hydrogens is 183 g/mol. The molecule has 3 atom stereocenters. The molecular formula is C10H22O2P+. The molecule has 2 nitrogen and oxygen atoms in total. The van der Waals surface area contributed by atoms with E-state index >= 15 is 0 Å². The Morgan fingerprint density at radius 3 is 2.15 bits per heavy atom. The topological polar surface area (TPSA) is 26.3 Å². The molecule has 0 N–H and O–H groups in total. The molecule has 13 heavy (non-hydrogen) atoms. The van der Waals surface area contributed by atoms with E-state index in [1.165, 1.54) is 0 Å². The van der Waals surface area contributed by atoms with Gasteiger partial charge in [0.15, 0.2) is 5.66 Å². The highest BCUT2D eigenvalue weighted by Crippen LogP contribution is 2.34. The number of hydrogen-bond acceptors (Lipinski definition) is 2. The molecule has 0 aliphatic heterocycles. The van der Waals surface area contributed by atoms with E-state index in [-0.39, 0.29) is 11.8 Å². The Morgan fingerprint density at radius 1 is 1.15 bits per heavy atom. The highest BCUT2D eigenvalue weighted by atomic mass is 31.1. The third kappa shape index (κ3) is 6.17. The van der Waals surface area contributed by atoms with Crippen LogP contribution in [0, 0.1) is 0 Å². The van der Waals surface area contributed by atoms with Crippen LogP contribution in [0.3, 0.4) is 0 Å². The van der Waals surface area contributed by atoms with E-state index in [1.54, 1.807) is 0 Å². The minimum Gasteiger partial charge on any atom is -0.143 e. The molecule has 0 fully saturated rings. The maximum absolute atomic E-state index is 11.5. The predicted octanol–water partition coefficient (Wildman–Crippen LogP) is 4.12. The van der Waals surface area contributed by atoms with Crippen LogP contribution < -0.4 is 0 Å². The molecule has 0 radical (unpaired) electrons. The van der Waals surface area contributed by atoms with E-state index in [0.29, 0.717) is 0 Å². The first kappa shape index (κ1) is 13.1. The van der Waals surface area contributed by atoms with Gasteiger partial charge in [0.25, 0.3) is 0 Å². The molecule has 3 heteroatoms. The zero-order chi connectivity index (χ0) is 10.3. The van der Waals surface area contributed by atoms with Crippen molar-refractivity contribution in [2.24, 2.45) is 0 Å². The summed E-state index contributed by atoms with van der Waals surface area (Å²) in [5, 5.41) is 0. The van der Waals surface area contributed by atoms with Gasteiger partial charge in [-0.15, -0.1) is 4.52 Å². The van der Waals surface area contributed by atoms with Gasteiger partial charge in [0, 0.05) is 0 Å². The van der Waals surface area contributed by atoms with Crippen molar-refractivity contribution in [1.82, 2.24) is 0 Å². The fourth-order valence-electron chi connectivity index (χ4n) is 1.26. The van der Waals surface area contributed by atoms with Gasteiger partial charge in [0.05, 0.1) is 0 Å². The summed E-state index contributed by atoms with van der Waals surface area (Å²) < 4.78 is 17.0. The van der Waals surface area contributed by atoms with Crippen LogP contribution in [0.15, 0.2) is 0 Å². The second-order valence-corrected chi connectivity index (χ2v) is 5.29. The third-order valence-electron chi connectivity index (χ3n) is 2.05. The van der Waals surface area contributed by atoms with Gasteiger partial charge in [0.2, 0.25) is 0 Å². The van der Waals surface area contributed by atoms with Gasteiger partial charge in [-0.25, -0.2) is 0 Å². The van der Waals surface area contributed by atoms with E-state index in [2.05, 4.69) is 13.8 Å². The SMILES string of the molecule is CCCC(C)O[P+](=O)C(C)CCC. The summed E-state index contributed by atoms with van der Waals surface area (Å²) >= 11 is 0. The van der Waals surface area contributed by atoms with Gasteiger partial charge in [-0.3, -0.25) is 0 Å². The van der Waals surface area contributed by atoms with Crippen LogP contribution in [-0.4, -0.2) is 11.8 Å². The minimum absolute atomic E-state index is 0.146. The highest BCUT2D eigenvalue weighted by molar-refractivity contribution is 7.40. The monoisotopic (exact) mass is 205 g/mol. The standard InChI is InChI=1S/C10H22O2P/c1-5-7-9(3)12-13(11)10(4)8-6-2/h9-10H,5-8H2,1-4H3/q+1. The first-order chi connectivity index (χ1) is 6.11. The van der Waals surface area contributed by atoms with Crippen molar-refractivity contribution in [3.05, 3.63) is 0 Å². The van der Waals surface area contributed by atoms with Gasteiger partial charge >= 0.3 is 8.03 Å². The van der Waals surface area contributed by atoms with Gasteiger partial charge in [-0.05, 0) is 31.3 Å². The summed E-state index contributed by atoms with van der Waals surface area (Å²) in [5.41, 5.74) is 0.208. The molecule has 78 valence electrons. The third-order valence-corrected chi connectivity index (χ3v) is 3.59. The molecule has 0 bridgehead atoms. The Kier molecular flexibility index (Phi) is 7.50. The zero-order valence-corrected chi connectivity index (χ0v) is 10.1. The molecule has 0 aliphatic carbocycles. The lowest BCUT2D eigenvalue weighted by Gasteiger charge is -2.03. The van der Waals surface area contributed by atoms with Crippen LogP contribution in [0.4, 0.5) is 0 Å². The van der Waals surface area contributed by atoms with Crippen molar-refractivity contribution < 1.29 is 9.09 Å². The first-order valence-electron chi connectivity index (χ1n) is 5.24. The molecule has 0 rings (SSSR count). The summed E-state index contributed by atoms with van der Waals surface area (Å²) in [6.07, 6.45) is 4.31. The normalized spacial score (nSPS) is 16.8. The van der Waals surface area contributed by atoms with Crippen LogP contribution in [0.25, 0.3) is 0 Å². The van der Waals surface area contributed by atoms with E-state index in [9.17, 15) is 4.57 Å². The Bertz CT molecular complexity index is 148. The molecule has 3 unspecified atom stereocenters. The molecule has 0 aliphatic rings. The van der Waals surface area contributed by atoms with E-state index in [1.807, 2.05) is 13.8 Å². The molecule has 0 amide bonds. The van der Waals surface area contributed by atoms with E-state index < -0.39 is 8.03 Å². The number of hydrogen-bond donors (Lipinski definition) is 0. The maximum atomic E-state index is 11.5. The Morgan fingerprint density at radius 2 is 1.69 bits per heavy atom. The lowest BCUT2D eigenvalue weighted by Crippen LogP contribution is -2.06. The molecule has 0 saturated carbocycles. The fraction of sp³-hybridized carbons (Fsp3) is 1.00. The lowest BCUT2D eigenvalue weighted by atomic mass is 10.2. The van der Waals surface area contributed by atoms with Crippen molar-refractivity contribution >= 4 is 8.03 Å². The molecule has 0 saturated heterocycles. The molecule has 0 aromatic rings. The lowest BCUT2D eigenvalue weighted by molar-refractivity contribution is 0.219. The average Bonchev–Trinajstić information content (AvgIpc) is 2.05. The average molecular weight is 205 g/mol. The molecule has 0 spiro atoms. The van der Waals surface area contributed by atoms with Crippen LogP contribution in [0.2, 0.25) is 0 Å². The summed E-state index contributed by atoms with van der Waals surface area (Å²) in [6, 6.07) is 0. The van der Waals surface area contributed by atoms with Crippen molar-refractivity contribution in [2.45, 2.75) is 65.1 Å². The Hall–Kier alpha value is 0.0600. The highest BCUT2D eigenvalue weighted by Gasteiger charge is 2.29. The Labute approximate surface area is 82.9 Å². The second-order valence-electron chi connectivity index (χ2n) is 3.63. The van der Waals surface area contributed by atoms with E-state index in [4.69, 9.17) is 4.52 Å². The smallest absolute Gasteiger partial charge is 0.143 e. The minimum atomic E-state index is -1.45. The predicted molar refractivity (Wildman–Crippen MR) is 57.4 cm³/mol. The second kappa shape index (κ2) is 7.46. The first-order valence-corrected chi connectivity index (χ1v) is 6.49. The Balaban J connectivity index is 3.71. The van der Waals surface area contributed by atoms with Gasteiger partial charge < -0.3 is 0 Å². The fourth-order valence-corrected chi connectivity index (χ4v) is 2.40. The summed E-state index contributed by atoms with van der Waals surface area (Å²) in [6.45, 7) is 8.22. The van der Waals surface area contributed by atoms with Gasteiger partial charge in [0.1, 0.15) is 6.10 Å². The molecule has 0 aromatic carbocycles. The van der Waals surface area contributed by atoms with Crippen molar-refractivity contribution in [3.8, 4) is 0 Å². The molecule has 0 aromatic heterocycles. The van der Waals surface area contributed by atoms with Crippen LogP contribution >= 0.6 is 8.03 Å². The van der Waals surface area contributed by atoms with Gasteiger partial charge in [-0.2, -0.15) is 0 Å². The zero-order valence-electron chi connectivity index (χ0n) is 9.25. The van der Waals surface area contributed by atoms with Crippen molar-refractivity contribution in [1.29, 1.82) is 0 Å². The summed E-state index contributed by atoms with van der Waals surface area (Å²) in [4.78, 5) is 0. The quantitative estimate of drug-likeness (QED) is 0.584. The molecule has 0 heterocycles. The maximum Gasteiger partial charge on any atom is 0.511 e. The number of rotatable bonds is 7. The van der Waals surface area contributed by atoms with Crippen molar-refractivity contribution in [3.63, 3.8) is 0 Å². The largest absolute Gasteiger partial charge is 0.511 e. The van der Waals surface area contributed by atoms with Crippen LogP contribution in [0.1, 0.15) is 53.4 Å². The van der Waals surface area contributed by atoms with Crippen LogP contribution in [-0.2, 0) is 9.09 Å². The summed E-state index contributed by atoms with van der Waals surface area (Å²) in [5.74, 6) is 0. The van der Waals surface area contributed by atoms with Gasteiger partial charge in [-0.1, -0.05) is 26.7 Å². The van der Waals surface area contributed by atoms with Crippen LogP contribution in [0.5, 0.6) is 0 Å². The van der Waals surface area contributed by atoms with E-state index in [0.717, 1.165) is 25.7 Å². The summed E-state index contributed by atoms with van der Waals surface area (Å²) in [7, 11) is -1.45. The van der Waals surface area contributed by atoms with Crippen molar-refractivity contribution in [2.75, 3.05) is 0 Å².